The predicted octanol–water partition coefficient (Wildman–Crippen LogP) is 2.46. The largest absolute Gasteiger partial charge is 0.479 e. The van der Waals surface area contributed by atoms with Gasteiger partial charge in [0.25, 0.3) is 0 Å². The van der Waals surface area contributed by atoms with Gasteiger partial charge in [-0.1, -0.05) is 54.6 Å². The van der Waals surface area contributed by atoms with Gasteiger partial charge in [0.1, 0.15) is 24.1 Å². The summed E-state index contributed by atoms with van der Waals surface area (Å²) >= 11 is 0. The molecule has 0 saturated carbocycles. The van der Waals surface area contributed by atoms with Gasteiger partial charge in [0.05, 0.1) is 0 Å². The SMILES string of the molecule is C/C=C(/C(=C/C)c1ccc(OC2OC(C(=O)O)C(O)C(O)C2O)cc1)c1ccccc1. The molecule has 0 aromatic heterocycles. The van der Waals surface area contributed by atoms with E-state index in [1.165, 1.54) is 0 Å². The molecule has 2 aromatic rings. The molecule has 3 rings (SSSR count). The monoisotopic (exact) mass is 426 g/mol. The molecule has 31 heavy (non-hydrogen) atoms. The second kappa shape index (κ2) is 9.89. The van der Waals surface area contributed by atoms with Crippen LogP contribution in [0.4, 0.5) is 0 Å². The number of allylic oxidation sites excluding steroid dienone is 4. The standard InChI is InChI=1S/C24H26O7/c1-3-17(14-8-6-5-7-9-14)18(4-2)15-10-12-16(13-11-15)30-24-21(27)19(25)20(26)22(31-24)23(28)29/h3-13,19-22,24-27H,1-2H3,(H,28,29)/b17-3+,18-4+. The Kier molecular flexibility index (Phi) is 7.25. The number of carboxylic acids is 1. The van der Waals surface area contributed by atoms with Gasteiger partial charge in [-0.3, -0.25) is 0 Å². The number of ether oxygens (including phenoxy) is 2. The van der Waals surface area contributed by atoms with Gasteiger partial charge in [0.15, 0.2) is 6.10 Å². The Morgan fingerprint density at radius 3 is 1.90 bits per heavy atom. The molecule has 5 unspecified atom stereocenters. The highest BCUT2D eigenvalue weighted by atomic mass is 16.7. The van der Waals surface area contributed by atoms with Crippen molar-refractivity contribution in [1.82, 2.24) is 0 Å². The van der Waals surface area contributed by atoms with Gasteiger partial charge in [-0.15, -0.1) is 0 Å². The van der Waals surface area contributed by atoms with Crippen molar-refractivity contribution < 1.29 is 34.7 Å². The Bertz CT molecular complexity index is 950. The molecule has 0 aliphatic carbocycles. The van der Waals surface area contributed by atoms with Crippen molar-refractivity contribution in [3.8, 4) is 5.75 Å². The van der Waals surface area contributed by atoms with Crippen LogP contribution in [-0.2, 0) is 9.53 Å². The first-order valence-corrected chi connectivity index (χ1v) is 9.95. The third-order valence-corrected chi connectivity index (χ3v) is 5.18. The van der Waals surface area contributed by atoms with Gasteiger partial charge in [-0.25, -0.2) is 4.79 Å². The molecule has 5 atom stereocenters. The van der Waals surface area contributed by atoms with Crippen molar-refractivity contribution in [2.45, 2.75) is 44.6 Å². The summed E-state index contributed by atoms with van der Waals surface area (Å²) in [7, 11) is 0. The fourth-order valence-electron chi connectivity index (χ4n) is 3.57. The Morgan fingerprint density at radius 2 is 1.39 bits per heavy atom. The topological polar surface area (TPSA) is 116 Å². The number of hydrogen-bond donors (Lipinski definition) is 4. The number of hydrogen-bond acceptors (Lipinski definition) is 6. The van der Waals surface area contributed by atoms with Crippen LogP contribution >= 0.6 is 0 Å². The molecule has 0 bridgehead atoms. The van der Waals surface area contributed by atoms with Crippen LogP contribution in [0.1, 0.15) is 25.0 Å². The normalized spacial score (nSPS) is 27.1. The highest BCUT2D eigenvalue weighted by Crippen LogP contribution is 2.32. The van der Waals surface area contributed by atoms with Crippen LogP contribution in [0.25, 0.3) is 11.1 Å². The summed E-state index contributed by atoms with van der Waals surface area (Å²) < 4.78 is 10.7. The number of aliphatic carboxylic acids is 1. The number of benzene rings is 2. The first-order chi connectivity index (χ1) is 14.9. The van der Waals surface area contributed by atoms with Crippen LogP contribution in [0.3, 0.4) is 0 Å². The molecular formula is C24H26O7. The van der Waals surface area contributed by atoms with Crippen LogP contribution < -0.4 is 4.74 Å². The van der Waals surface area contributed by atoms with Crippen molar-refractivity contribution in [3.05, 3.63) is 77.9 Å². The molecular weight excluding hydrogens is 400 g/mol. The smallest absolute Gasteiger partial charge is 0.335 e. The van der Waals surface area contributed by atoms with Crippen LogP contribution in [0.2, 0.25) is 0 Å². The minimum Gasteiger partial charge on any atom is -0.479 e. The summed E-state index contributed by atoms with van der Waals surface area (Å²) in [5.74, 6) is -1.14. The first-order valence-electron chi connectivity index (χ1n) is 9.95. The van der Waals surface area contributed by atoms with Gasteiger partial charge in [-0.2, -0.15) is 0 Å². The fraction of sp³-hybridized carbons (Fsp3) is 0.292. The van der Waals surface area contributed by atoms with Crippen molar-refractivity contribution >= 4 is 17.1 Å². The molecule has 1 fully saturated rings. The van der Waals surface area contributed by atoms with E-state index < -0.39 is 36.7 Å². The molecule has 2 aromatic carbocycles. The van der Waals surface area contributed by atoms with E-state index in [0.29, 0.717) is 5.75 Å². The Hall–Kier alpha value is -2.97. The van der Waals surface area contributed by atoms with E-state index in [9.17, 15) is 20.1 Å². The maximum Gasteiger partial charge on any atom is 0.335 e. The van der Waals surface area contributed by atoms with Gasteiger partial charge in [0, 0.05) is 0 Å². The van der Waals surface area contributed by atoms with Crippen molar-refractivity contribution in [3.63, 3.8) is 0 Å². The average molecular weight is 426 g/mol. The van der Waals surface area contributed by atoms with Crippen LogP contribution in [0.5, 0.6) is 5.75 Å². The molecule has 7 heteroatoms. The lowest BCUT2D eigenvalue weighted by atomic mass is 9.92. The second-order valence-corrected chi connectivity index (χ2v) is 7.15. The molecule has 1 aliphatic rings. The quantitative estimate of drug-likeness (QED) is 0.524. The van der Waals surface area contributed by atoms with Gasteiger partial charge < -0.3 is 29.9 Å². The van der Waals surface area contributed by atoms with E-state index in [4.69, 9.17) is 14.6 Å². The summed E-state index contributed by atoms with van der Waals surface area (Å²) in [5, 5.41) is 39.0. The average Bonchev–Trinajstić information content (AvgIpc) is 2.78. The van der Waals surface area contributed by atoms with E-state index in [2.05, 4.69) is 0 Å². The van der Waals surface area contributed by atoms with Gasteiger partial charge in [0.2, 0.25) is 6.29 Å². The summed E-state index contributed by atoms with van der Waals surface area (Å²) in [4.78, 5) is 11.2. The lowest BCUT2D eigenvalue weighted by Crippen LogP contribution is -2.61. The molecule has 1 aliphatic heterocycles. The Balaban J connectivity index is 1.79. The number of rotatable bonds is 6. The van der Waals surface area contributed by atoms with Crippen molar-refractivity contribution in [2.75, 3.05) is 0 Å². The molecule has 164 valence electrons. The summed E-state index contributed by atoms with van der Waals surface area (Å²) in [6.07, 6.45) is -4.17. The van der Waals surface area contributed by atoms with E-state index >= 15 is 0 Å². The minimum absolute atomic E-state index is 0.317. The van der Waals surface area contributed by atoms with E-state index in [-0.39, 0.29) is 0 Å². The Labute approximate surface area is 180 Å². The summed E-state index contributed by atoms with van der Waals surface area (Å²) in [5.41, 5.74) is 4.13. The number of aliphatic hydroxyl groups excluding tert-OH is 3. The number of carboxylic acid groups (broad SMARTS) is 1. The minimum atomic E-state index is -1.76. The zero-order valence-corrected chi connectivity index (χ0v) is 17.3. The molecule has 0 radical (unpaired) electrons. The zero-order chi connectivity index (χ0) is 22.5. The fourth-order valence-corrected chi connectivity index (χ4v) is 3.57. The van der Waals surface area contributed by atoms with Crippen molar-refractivity contribution in [2.24, 2.45) is 0 Å². The summed E-state index contributed by atoms with van der Waals surface area (Å²) in [6, 6.07) is 17.0. The van der Waals surface area contributed by atoms with E-state index in [1.807, 2.05) is 68.5 Å². The lowest BCUT2D eigenvalue weighted by molar-refractivity contribution is -0.271. The molecule has 0 amide bonds. The number of aliphatic hydroxyl groups is 3. The highest BCUT2D eigenvalue weighted by molar-refractivity contribution is 6.04. The van der Waals surface area contributed by atoms with Crippen molar-refractivity contribution in [1.29, 1.82) is 0 Å². The summed E-state index contributed by atoms with van der Waals surface area (Å²) in [6.45, 7) is 3.93. The van der Waals surface area contributed by atoms with E-state index in [1.54, 1.807) is 12.1 Å². The molecule has 1 heterocycles. The zero-order valence-electron chi connectivity index (χ0n) is 17.3. The molecule has 0 spiro atoms. The molecule has 1 saturated heterocycles. The van der Waals surface area contributed by atoms with Gasteiger partial charge in [-0.05, 0) is 48.3 Å². The molecule has 7 nitrogen and oxygen atoms in total. The Morgan fingerprint density at radius 1 is 0.839 bits per heavy atom. The first kappa shape index (κ1) is 22.7. The van der Waals surface area contributed by atoms with Crippen LogP contribution in [0.15, 0.2) is 66.7 Å². The molecule has 4 N–H and O–H groups in total. The van der Waals surface area contributed by atoms with E-state index in [0.717, 1.165) is 22.3 Å². The van der Waals surface area contributed by atoms with Crippen LogP contribution in [-0.4, -0.2) is 57.1 Å². The highest BCUT2D eigenvalue weighted by Gasteiger charge is 2.48. The van der Waals surface area contributed by atoms with Gasteiger partial charge >= 0.3 is 5.97 Å². The lowest BCUT2D eigenvalue weighted by Gasteiger charge is -2.38. The second-order valence-electron chi connectivity index (χ2n) is 7.15. The third-order valence-electron chi connectivity index (χ3n) is 5.18. The number of carbonyl (C=O) groups is 1. The predicted molar refractivity (Wildman–Crippen MR) is 115 cm³/mol. The van der Waals surface area contributed by atoms with Crippen LogP contribution in [0, 0.1) is 0 Å². The third kappa shape index (κ3) is 4.86. The maximum absolute atomic E-state index is 11.2. The maximum atomic E-state index is 11.2.